The van der Waals surface area contributed by atoms with Gasteiger partial charge in [0, 0.05) is 12.8 Å². The van der Waals surface area contributed by atoms with Crippen molar-refractivity contribution in [3.8, 4) is 0 Å². The Morgan fingerprint density at radius 3 is 1.45 bits per heavy atom. The number of rotatable bonds is 29. The third-order valence-corrected chi connectivity index (χ3v) is 6.96. The maximum atomic E-state index is 12.4. The average molecular weight is 583 g/mol. The first kappa shape index (κ1) is 39.4. The SMILES string of the molecule is CC/C=C\C/C=C\C/C=C\C/C=C\C/C=C\C/C=C\CCC(=O)OC(CCCCCCCCCC)CCCCC(=O)O. The second-order valence-corrected chi connectivity index (χ2v) is 11.0. The molecule has 0 aromatic heterocycles. The van der Waals surface area contributed by atoms with E-state index < -0.39 is 5.97 Å². The molecule has 0 saturated carbocycles. The Morgan fingerprint density at radius 1 is 0.548 bits per heavy atom. The summed E-state index contributed by atoms with van der Waals surface area (Å²) < 4.78 is 5.80. The molecule has 0 spiro atoms. The third-order valence-electron chi connectivity index (χ3n) is 6.96. The number of esters is 1. The maximum Gasteiger partial charge on any atom is 0.306 e. The Bertz CT molecular complexity index is 800. The molecule has 0 aliphatic carbocycles. The monoisotopic (exact) mass is 582 g/mol. The van der Waals surface area contributed by atoms with Crippen molar-refractivity contribution in [2.75, 3.05) is 0 Å². The van der Waals surface area contributed by atoms with E-state index in [4.69, 9.17) is 9.84 Å². The van der Waals surface area contributed by atoms with Crippen molar-refractivity contribution in [1.29, 1.82) is 0 Å². The minimum atomic E-state index is -0.761. The Kier molecular flexibility index (Phi) is 30.8. The summed E-state index contributed by atoms with van der Waals surface area (Å²) in [5.74, 6) is -0.902. The number of unbranched alkanes of at least 4 members (excludes halogenated alkanes) is 8. The van der Waals surface area contributed by atoms with Gasteiger partial charge in [-0.15, -0.1) is 0 Å². The predicted octanol–water partition coefficient (Wildman–Crippen LogP) is 11.6. The van der Waals surface area contributed by atoms with Crippen LogP contribution in [0.15, 0.2) is 72.9 Å². The molecule has 4 heteroatoms. The van der Waals surface area contributed by atoms with Crippen LogP contribution >= 0.6 is 0 Å². The Morgan fingerprint density at radius 2 is 0.976 bits per heavy atom. The normalized spacial score (nSPS) is 13.2. The summed E-state index contributed by atoms with van der Waals surface area (Å²) in [6, 6.07) is 0. The summed E-state index contributed by atoms with van der Waals surface area (Å²) in [5, 5.41) is 8.88. The van der Waals surface area contributed by atoms with E-state index in [1.165, 1.54) is 44.9 Å². The molecule has 0 heterocycles. The third kappa shape index (κ3) is 31.9. The number of hydrogen-bond acceptors (Lipinski definition) is 3. The molecule has 42 heavy (non-hydrogen) atoms. The van der Waals surface area contributed by atoms with Gasteiger partial charge in [0.1, 0.15) is 6.10 Å². The van der Waals surface area contributed by atoms with Crippen molar-refractivity contribution in [2.24, 2.45) is 0 Å². The number of hydrogen-bond donors (Lipinski definition) is 1. The zero-order valence-electron chi connectivity index (χ0n) is 27.0. The van der Waals surface area contributed by atoms with Gasteiger partial charge in [-0.25, -0.2) is 0 Å². The molecule has 0 rings (SSSR count). The largest absolute Gasteiger partial charge is 0.481 e. The Hall–Kier alpha value is -2.62. The fourth-order valence-corrected chi connectivity index (χ4v) is 4.50. The second kappa shape index (κ2) is 32.9. The summed E-state index contributed by atoms with van der Waals surface area (Å²) in [4.78, 5) is 23.2. The maximum absolute atomic E-state index is 12.4. The highest BCUT2D eigenvalue weighted by Gasteiger charge is 2.14. The molecule has 0 bridgehead atoms. The lowest BCUT2D eigenvalue weighted by atomic mass is 10.0. The summed E-state index contributed by atoms with van der Waals surface area (Å²) >= 11 is 0. The van der Waals surface area contributed by atoms with Gasteiger partial charge >= 0.3 is 11.9 Å². The number of carboxylic acids is 1. The van der Waals surface area contributed by atoms with Crippen molar-refractivity contribution >= 4 is 11.9 Å². The topological polar surface area (TPSA) is 63.6 Å². The Labute approximate surface area is 258 Å². The predicted molar refractivity (Wildman–Crippen MR) is 181 cm³/mol. The highest BCUT2D eigenvalue weighted by Crippen LogP contribution is 2.17. The number of carbonyl (C=O) groups excluding carboxylic acids is 1. The molecule has 0 amide bonds. The molecule has 1 N–H and O–H groups in total. The molecule has 0 aromatic carbocycles. The van der Waals surface area contributed by atoms with Gasteiger partial charge in [-0.05, 0) is 77.0 Å². The van der Waals surface area contributed by atoms with Gasteiger partial charge in [0.25, 0.3) is 0 Å². The van der Waals surface area contributed by atoms with Gasteiger partial charge in [-0.1, -0.05) is 132 Å². The molecule has 1 unspecified atom stereocenters. The number of carbonyl (C=O) groups is 2. The second-order valence-electron chi connectivity index (χ2n) is 11.0. The summed E-state index contributed by atoms with van der Waals surface area (Å²) in [6.45, 7) is 4.39. The lowest BCUT2D eigenvalue weighted by molar-refractivity contribution is -0.150. The van der Waals surface area contributed by atoms with E-state index in [0.29, 0.717) is 19.3 Å². The van der Waals surface area contributed by atoms with Crippen LogP contribution in [0.2, 0.25) is 0 Å². The van der Waals surface area contributed by atoms with Crippen LogP contribution in [0.25, 0.3) is 0 Å². The molecule has 0 aliphatic rings. The van der Waals surface area contributed by atoms with E-state index in [2.05, 4.69) is 86.8 Å². The zero-order valence-corrected chi connectivity index (χ0v) is 27.0. The van der Waals surface area contributed by atoms with E-state index in [1.807, 2.05) is 0 Å². The molecule has 238 valence electrons. The standard InChI is InChI=1S/C38H62O4/c1-3-5-7-9-11-13-14-15-16-17-18-19-20-21-22-23-25-27-29-35-38(41)42-36(33-30-31-34-37(39)40)32-28-26-24-12-10-8-6-4-2/h5,7,11,13,15-16,18-19,21-22,25,27,36H,3-4,6,8-10,12,14,17,20,23-24,26,28-35H2,1-2H3,(H,39,40)/b7-5-,13-11-,16-15-,19-18-,22-21-,27-25-. The smallest absolute Gasteiger partial charge is 0.306 e. The fourth-order valence-electron chi connectivity index (χ4n) is 4.50. The number of carboxylic acid groups (broad SMARTS) is 1. The van der Waals surface area contributed by atoms with Crippen molar-refractivity contribution < 1.29 is 19.4 Å². The van der Waals surface area contributed by atoms with Gasteiger partial charge in [0.15, 0.2) is 0 Å². The van der Waals surface area contributed by atoms with Crippen LogP contribution in [0, 0.1) is 0 Å². The molecular weight excluding hydrogens is 520 g/mol. The van der Waals surface area contributed by atoms with Gasteiger partial charge in [-0.2, -0.15) is 0 Å². The van der Waals surface area contributed by atoms with Crippen molar-refractivity contribution in [1.82, 2.24) is 0 Å². The van der Waals surface area contributed by atoms with Gasteiger partial charge < -0.3 is 9.84 Å². The molecule has 0 fully saturated rings. The lowest BCUT2D eigenvalue weighted by Gasteiger charge is -2.18. The van der Waals surface area contributed by atoms with Crippen LogP contribution < -0.4 is 0 Å². The van der Waals surface area contributed by atoms with Crippen LogP contribution in [0.1, 0.15) is 149 Å². The molecule has 1 atom stereocenters. The molecule has 0 aliphatic heterocycles. The van der Waals surface area contributed by atoms with Crippen LogP contribution in [0.3, 0.4) is 0 Å². The van der Waals surface area contributed by atoms with E-state index >= 15 is 0 Å². The Balaban J connectivity index is 4.07. The van der Waals surface area contributed by atoms with Crippen molar-refractivity contribution in [3.05, 3.63) is 72.9 Å². The minimum absolute atomic E-state index is 0.0864. The van der Waals surface area contributed by atoms with Crippen molar-refractivity contribution in [3.63, 3.8) is 0 Å². The molecule has 4 nitrogen and oxygen atoms in total. The lowest BCUT2D eigenvalue weighted by Crippen LogP contribution is -2.18. The average Bonchev–Trinajstić information content (AvgIpc) is 2.97. The van der Waals surface area contributed by atoms with E-state index in [1.54, 1.807) is 0 Å². The first-order valence-electron chi connectivity index (χ1n) is 16.9. The van der Waals surface area contributed by atoms with Crippen LogP contribution in [-0.4, -0.2) is 23.1 Å². The van der Waals surface area contributed by atoms with E-state index in [0.717, 1.165) is 64.2 Å². The minimum Gasteiger partial charge on any atom is -0.481 e. The van der Waals surface area contributed by atoms with E-state index in [9.17, 15) is 9.59 Å². The molecule has 0 aromatic rings. The molecule has 0 radical (unpaired) electrons. The van der Waals surface area contributed by atoms with Crippen molar-refractivity contribution in [2.45, 2.75) is 155 Å². The fraction of sp³-hybridized carbons (Fsp3) is 0.632. The van der Waals surface area contributed by atoms with Gasteiger partial charge in [0.05, 0.1) is 0 Å². The first-order chi connectivity index (χ1) is 20.6. The number of aliphatic carboxylic acids is 1. The van der Waals surface area contributed by atoms with Gasteiger partial charge in [0.2, 0.25) is 0 Å². The highest BCUT2D eigenvalue weighted by molar-refractivity contribution is 5.69. The quantitative estimate of drug-likeness (QED) is 0.0541. The number of ether oxygens (including phenoxy) is 1. The first-order valence-corrected chi connectivity index (χ1v) is 16.9. The molecular formula is C38H62O4. The van der Waals surface area contributed by atoms with Gasteiger partial charge in [-0.3, -0.25) is 9.59 Å². The summed E-state index contributed by atoms with van der Waals surface area (Å²) in [6.07, 6.45) is 46.3. The molecule has 0 saturated heterocycles. The van der Waals surface area contributed by atoms with Crippen LogP contribution in [0.4, 0.5) is 0 Å². The van der Waals surface area contributed by atoms with E-state index in [-0.39, 0.29) is 18.5 Å². The van der Waals surface area contributed by atoms with Crippen LogP contribution in [0.5, 0.6) is 0 Å². The van der Waals surface area contributed by atoms with Crippen LogP contribution in [-0.2, 0) is 14.3 Å². The summed E-state index contributed by atoms with van der Waals surface area (Å²) in [5.41, 5.74) is 0. The summed E-state index contributed by atoms with van der Waals surface area (Å²) in [7, 11) is 0. The zero-order chi connectivity index (χ0) is 30.8. The highest BCUT2D eigenvalue weighted by atomic mass is 16.5. The number of allylic oxidation sites excluding steroid dienone is 12.